The summed E-state index contributed by atoms with van der Waals surface area (Å²) in [5.41, 5.74) is -0.410. The van der Waals surface area contributed by atoms with Gasteiger partial charge in [-0.15, -0.1) is 0 Å². The molecule has 0 spiro atoms. The normalized spacial score (nSPS) is 32.1. The van der Waals surface area contributed by atoms with E-state index in [0.717, 1.165) is 18.4 Å². The summed E-state index contributed by atoms with van der Waals surface area (Å²) in [4.78, 5) is 0. The van der Waals surface area contributed by atoms with Gasteiger partial charge in [0.05, 0.1) is 6.61 Å². The van der Waals surface area contributed by atoms with Gasteiger partial charge in [0.2, 0.25) is 0 Å². The minimum atomic E-state index is -1.91. The number of methoxy groups -OCH3 is 1. The van der Waals surface area contributed by atoms with Crippen molar-refractivity contribution in [2.45, 2.75) is 56.4 Å². The molecule has 0 amide bonds. The molecule has 1 aromatic rings. The number of hydrogen-bond donors (Lipinski definition) is 4. The molecule has 2 rings (SSSR count). The van der Waals surface area contributed by atoms with Crippen molar-refractivity contribution in [3.63, 3.8) is 0 Å². The first-order valence-corrected chi connectivity index (χ1v) is 8.41. The van der Waals surface area contributed by atoms with Gasteiger partial charge in [-0.2, -0.15) is 0 Å². The lowest BCUT2D eigenvalue weighted by molar-refractivity contribution is -0.327. The fraction of sp³-hybridized carbons (Fsp3) is 0.579. The van der Waals surface area contributed by atoms with Crippen LogP contribution in [0.1, 0.15) is 30.9 Å². The van der Waals surface area contributed by atoms with Gasteiger partial charge in [0.1, 0.15) is 23.9 Å². The van der Waals surface area contributed by atoms with Crippen molar-refractivity contribution >= 4 is 0 Å². The third kappa shape index (κ3) is 4.39. The highest BCUT2D eigenvalue weighted by molar-refractivity contribution is 5.38. The second-order valence-electron chi connectivity index (χ2n) is 6.27. The molecule has 5 atom stereocenters. The van der Waals surface area contributed by atoms with Crippen LogP contribution in [0, 0.1) is 11.8 Å². The molecule has 0 radical (unpaired) electrons. The van der Waals surface area contributed by atoms with Crippen molar-refractivity contribution in [3.8, 4) is 11.8 Å². The number of aliphatic hydroxyl groups excluding tert-OH is 3. The number of ether oxygens (including phenoxy) is 2. The average Bonchev–Trinajstić information content (AvgIpc) is 2.61. The summed E-state index contributed by atoms with van der Waals surface area (Å²) in [6.45, 7) is 1.55. The maximum atomic E-state index is 11.0. The van der Waals surface area contributed by atoms with E-state index in [2.05, 4.69) is 18.8 Å². The van der Waals surface area contributed by atoms with Gasteiger partial charge in [-0.25, -0.2) is 0 Å². The van der Waals surface area contributed by atoms with E-state index in [1.165, 1.54) is 7.11 Å². The maximum absolute atomic E-state index is 11.0. The molecule has 25 heavy (non-hydrogen) atoms. The lowest BCUT2D eigenvalue weighted by Gasteiger charge is -2.47. The molecule has 1 aliphatic heterocycles. The molecular formula is C19H26O6. The zero-order chi connectivity index (χ0) is 18.4. The van der Waals surface area contributed by atoms with E-state index in [4.69, 9.17) is 9.47 Å². The number of rotatable bonds is 5. The Hall–Kier alpha value is -1.46. The summed E-state index contributed by atoms with van der Waals surface area (Å²) < 4.78 is 10.3. The Bertz CT molecular complexity index is 604. The minimum absolute atomic E-state index is 0.0294. The Labute approximate surface area is 148 Å². The van der Waals surface area contributed by atoms with Crippen molar-refractivity contribution in [2.75, 3.05) is 13.7 Å². The van der Waals surface area contributed by atoms with Crippen LogP contribution in [-0.4, -0.2) is 64.3 Å². The van der Waals surface area contributed by atoms with Crippen LogP contribution in [0.4, 0.5) is 0 Å². The smallest absolute Gasteiger partial charge is 0.186 e. The van der Waals surface area contributed by atoms with Gasteiger partial charge in [-0.05, 0) is 24.1 Å². The summed E-state index contributed by atoms with van der Waals surface area (Å²) in [6.07, 6.45) is -3.37. The summed E-state index contributed by atoms with van der Waals surface area (Å²) in [5.74, 6) is 6.11. The molecule has 0 aliphatic carbocycles. The fourth-order valence-electron chi connectivity index (χ4n) is 2.97. The summed E-state index contributed by atoms with van der Waals surface area (Å²) in [6, 6.07) is 7.27. The molecular weight excluding hydrogens is 324 g/mol. The van der Waals surface area contributed by atoms with Gasteiger partial charge >= 0.3 is 0 Å². The second kappa shape index (κ2) is 8.77. The quantitative estimate of drug-likeness (QED) is 0.566. The monoisotopic (exact) mass is 350 g/mol. The van der Waals surface area contributed by atoms with E-state index in [0.29, 0.717) is 5.56 Å². The first-order valence-electron chi connectivity index (χ1n) is 8.41. The Morgan fingerprint density at radius 2 is 2.04 bits per heavy atom. The standard InChI is InChI=1S/C19H26O6/c1-3-4-5-7-13-8-6-9-14(10-13)11-19(23)16(21)15(12-20)25-18(24-2)17(19)22/h6,8-10,15-18,20-23H,3-4,11-12H2,1-2H3/t15-,16+,17+,18-,19+/m1/s1. The van der Waals surface area contributed by atoms with Crippen LogP contribution >= 0.6 is 0 Å². The number of hydrogen-bond acceptors (Lipinski definition) is 6. The van der Waals surface area contributed by atoms with Crippen LogP contribution in [0.3, 0.4) is 0 Å². The van der Waals surface area contributed by atoms with Gasteiger partial charge in [0, 0.05) is 25.5 Å². The van der Waals surface area contributed by atoms with Crippen molar-refractivity contribution in [2.24, 2.45) is 0 Å². The molecule has 4 N–H and O–H groups in total. The molecule has 1 heterocycles. The van der Waals surface area contributed by atoms with E-state index in [9.17, 15) is 20.4 Å². The van der Waals surface area contributed by atoms with Crippen molar-refractivity contribution in [1.29, 1.82) is 0 Å². The van der Waals surface area contributed by atoms with Crippen molar-refractivity contribution in [1.82, 2.24) is 0 Å². The predicted molar refractivity (Wildman–Crippen MR) is 91.7 cm³/mol. The van der Waals surface area contributed by atoms with Crippen LogP contribution in [-0.2, 0) is 15.9 Å². The highest BCUT2D eigenvalue weighted by atomic mass is 16.7. The highest BCUT2D eigenvalue weighted by Gasteiger charge is 2.55. The molecule has 0 bridgehead atoms. The number of benzene rings is 1. The van der Waals surface area contributed by atoms with Crippen molar-refractivity contribution < 1.29 is 29.9 Å². The molecule has 1 aromatic carbocycles. The SMILES string of the molecule is CCCC#Cc1cccc(C[C@@]2(O)[C@@H](O)[C@H](OC)O[C@H](CO)[C@@H]2O)c1. The van der Waals surface area contributed by atoms with Gasteiger partial charge in [-0.1, -0.05) is 30.9 Å². The maximum Gasteiger partial charge on any atom is 0.186 e. The molecule has 138 valence electrons. The Morgan fingerprint density at radius 3 is 2.68 bits per heavy atom. The largest absolute Gasteiger partial charge is 0.394 e. The third-order valence-electron chi connectivity index (χ3n) is 4.38. The Morgan fingerprint density at radius 1 is 1.28 bits per heavy atom. The minimum Gasteiger partial charge on any atom is -0.394 e. The van der Waals surface area contributed by atoms with E-state index in [1.807, 2.05) is 18.2 Å². The third-order valence-corrected chi connectivity index (χ3v) is 4.38. The molecule has 6 nitrogen and oxygen atoms in total. The molecule has 0 saturated carbocycles. The van der Waals surface area contributed by atoms with E-state index < -0.39 is 36.8 Å². The van der Waals surface area contributed by atoms with Crippen LogP contribution < -0.4 is 0 Å². The second-order valence-corrected chi connectivity index (χ2v) is 6.27. The van der Waals surface area contributed by atoms with Gasteiger partial charge in [-0.3, -0.25) is 0 Å². The zero-order valence-electron chi connectivity index (χ0n) is 14.6. The first-order chi connectivity index (χ1) is 12.0. The average molecular weight is 350 g/mol. The van der Waals surface area contributed by atoms with E-state index in [1.54, 1.807) is 6.07 Å². The number of unbranched alkanes of at least 4 members (excludes halogenated alkanes) is 1. The summed E-state index contributed by atoms with van der Waals surface area (Å²) in [7, 11) is 1.32. The van der Waals surface area contributed by atoms with Crippen LogP contribution in [0.5, 0.6) is 0 Å². The number of aliphatic hydroxyl groups is 4. The highest BCUT2D eigenvalue weighted by Crippen LogP contribution is 2.33. The lowest BCUT2D eigenvalue weighted by Crippen LogP contribution is -2.68. The summed E-state index contributed by atoms with van der Waals surface area (Å²) >= 11 is 0. The van der Waals surface area contributed by atoms with Gasteiger partial charge in [0.15, 0.2) is 6.29 Å². The molecule has 1 fully saturated rings. The van der Waals surface area contributed by atoms with Gasteiger partial charge in [0.25, 0.3) is 0 Å². The lowest BCUT2D eigenvalue weighted by atomic mass is 9.79. The van der Waals surface area contributed by atoms with E-state index in [-0.39, 0.29) is 6.42 Å². The van der Waals surface area contributed by atoms with Crippen LogP contribution in [0.25, 0.3) is 0 Å². The first kappa shape index (κ1) is 19.9. The molecule has 1 aliphatic rings. The van der Waals surface area contributed by atoms with E-state index >= 15 is 0 Å². The summed E-state index contributed by atoms with van der Waals surface area (Å²) in [5, 5.41) is 41.1. The van der Waals surface area contributed by atoms with Crippen molar-refractivity contribution in [3.05, 3.63) is 35.4 Å². The van der Waals surface area contributed by atoms with Crippen LogP contribution in [0.15, 0.2) is 24.3 Å². The molecule has 6 heteroatoms. The molecule has 1 saturated heterocycles. The topological polar surface area (TPSA) is 99.4 Å². The van der Waals surface area contributed by atoms with Gasteiger partial charge < -0.3 is 29.9 Å². The molecule has 0 aromatic heterocycles. The predicted octanol–water partition coefficient (Wildman–Crippen LogP) is 0.197. The van der Waals surface area contributed by atoms with Crippen LogP contribution in [0.2, 0.25) is 0 Å². The zero-order valence-corrected chi connectivity index (χ0v) is 14.6. The Kier molecular flexibility index (Phi) is 6.96. The molecule has 0 unspecified atom stereocenters. The Balaban J connectivity index is 2.26. The fourth-order valence-corrected chi connectivity index (χ4v) is 2.97.